The third-order valence-electron chi connectivity index (χ3n) is 4.43. The third-order valence-corrected chi connectivity index (χ3v) is 4.43. The van der Waals surface area contributed by atoms with Crippen molar-refractivity contribution in [3.63, 3.8) is 0 Å². The van der Waals surface area contributed by atoms with Gasteiger partial charge in [-0.2, -0.15) is 0 Å². The molecule has 1 aliphatic rings. The monoisotopic (exact) mass is 344 g/mol. The molecule has 1 N–H and O–H groups in total. The van der Waals surface area contributed by atoms with E-state index in [1.807, 2.05) is 29.2 Å². The van der Waals surface area contributed by atoms with Crippen LogP contribution in [0.25, 0.3) is 0 Å². The van der Waals surface area contributed by atoms with Gasteiger partial charge in [0.1, 0.15) is 6.61 Å². The van der Waals surface area contributed by atoms with Gasteiger partial charge in [0.2, 0.25) is 0 Å². The maximum Gasteiger partial charge on any atom is 0.407 e. The molecule has 2 amide bonds. The molecule has 136 valence electrons. The average Bonchev–Trinajstić information content (AvgIpc) is 2.59. The van der Waals surface area contributed by atoms with Crippen LogP contribution in [0.5, 0.6) is 0 Å². The lowest BCUT2D eigenvalue weighted by Crippen LogP contribution is -2.46. The number of rotatable bonds is 4. The third kappa shape index (κ3) is 5.34. The Kier molecular flexibility index (Phi) is 6.23. The molecule has 25 heavy (non-hydrogen) atoms. The van der Waals surface area contributed by atoms with Gasteiger partial charge in [0.25, 0.3) is 5.91 Å². The Hall–Kier alpha value is -2.30. The molecule has 5 heteroatoms. The lowest BCUT2D eigenvalue weighted by molar-refractivity contribution is 0.0703. The van der Waals surface area contributed by atoms with Crippen molar-refractivity contribution in [3.8, 4) is 0 Å². The van der Waals surface area contributed by atoms with Crippen molar-refractivity contribution in [1.82, 2.24) is 10.2 Å². The van der Waals surface area contributed by atoms with Gasteiger partial charge < -0.3 is 15.0 Å². The lowest BCUT2D eigenvalue weighted by atomic mass is 9.86. The molecule has 0 aliphatic carbocycles. The van der Waals surface area contributed by atoms with Crippen LogP contribution in [0.2, 0.25) is 0 Å². The van der Waals surface area contributed by atoms with Crippen LogP contribution in [-0.2, 0) is 10.2 Å². The number of ether oxygens (including phenoxy) is 1. The highest BCUT2D eigenvalue weighted by molar-refractivity contribution is 5.94. The van der Waals surface area contributed by atoms with Crippen LogP contribution in [0, 0.1) is 0 Å². The fraction of sp³-hybridized carbons (Fsp3) is 0.500. The number of carbonyl (C=O) groups excluding carboxylic acids is 2. The van der Waals surface area contributed by atoms with Crippen molar-refractivity contribution in [2.24, 2.45) is 0 Å². The summed E-state index contributed by atoms with van der Waals surface area (Å²) in [5.74, 6) is 0.0492. The van der Waals surface area contributed by atoms with Gasteiger partial charge in [-0.05, 0) is 36.0 Å². The molecule has 0 atom stereocenters. The molecule has 1 aliphatic heterocycles. The minimum absolute atomic E-state index is 0.0460. The molecule has 0 unspecified atom stereocenters. The summed E-state index contributed by atoms with van der Waals surface area (Å²) in [7, 11) is 0. The summed E-state index contributed by atoms with van der Waals surface area (Å²) in [5.41, 5.74) is 2.00. The zero-order chi connectivity index (χ0) is 18.4. The number of benzene rings is 1. The quantitative estimate of drug-likeness (QED) is 0.851. The van der Waals surface area contributed by atoms with Crippen molar-refractivity contribution >= 4 is 12.0 Å². The van der Waals surface area contributed by atoms with Gasteiger partial charge in [0.05, 0.1) is 0 Å². The Balaban J connectivity index is 1.86. The molecule has 1 aromatic rings. The van der Waals surface area contributed by atoms with E-state index in [0.717, 1.165) is 12.8 Å². The first-order valence-electron chi connectivity index (χ1n) is 8.75. The van der Waals surface area contributed by atoms with Gasteiger partial charge in [0.15, 0.2) is 0 Å². The number of hydrogen-bond acceptors (Lipinski definition) is 3. The van der Waals surface area contributed by atoms with Gasteiger partial charge in [-0.1, -0.05) is 45.6 Å². The highest BCUT2D eigenvalue weighted by atomic mass is 16.5. The van der Waals surface area contributed by atoms with Crippen molar-refractivity contribution in [3.05, 3.63) is 48.0 Å². The van der Waals surface area contributed by atoms with E-state index in [4.69, 9.17) is 4.74 Å². The first-order chi connectivity index (χ1) is 11.8. The van der Waals surface area contributed by atoms with Crippen LogP contribution in [-0.4, -0.2) is 42.6 Å². The number of nitrogens with zero attached hydrogens (tertiary/aromatic N) is 1. The molecule has 0 saturated carbocycles. The lowest BCUT2D eigenvalue weighted by Gasteiger charge is -2.32. The molecule has 0 radical (unpaired) electrons. The number of carbonyl (C=O) groups is 2. The van der Waals surface area contributed by atoms with E-state index in [1.54, 1.807) is 0 Å². The number of likely N-dealkylation sites (tertiary alicyclic amines) is 1. The second kappa shape index (κ2) is 8.19. The highest BCUT2D eigenvalue weighted by Gasteiger charge is 2.25. The molecule has 1 saturated heterocycles. The topological polar surface area (TPSA) is 58.6 Å². The van der Waals surface area contributed by atoms with Crippen LogP contribution in [0.3, 0.4) is 0 Å². The Morgan fingerprint density at radius 1 is 1.24 bits per heavy atom. The van der Waals surface area contributed by atoms with Crippen LogP contribution >= 0.6 is 0 Å². The van der Waals surface area contributed by atoms with E-state index in [0.29, 0.717) is 18.7 Å². The number of nitrogens with one attached hydrogen (secondary N) is 1. The maximum atomic E-state index is 12.6. The average molecular weight is 344 g/mol. The molecular weight excluding hydrogens is 316 g/mol. The molecule has 1 aromatic carbocycles. The van der Waals surface area contributed by atoms with Crippen LogP contribution in [0.1, 0.15) is 49.5 Å². The zero-order valence-electron chi connectivity index (χ0n) is 15.4. The molecule has 1 heterocycles. The number of alkyl carbamates (subject to hydrolysis) is 1. The number of amides is 2. The first kappa shape index (κ1) is 19.0. The summed E-state index contributed by atoms with van der Waals surface area (Å²) in [4.78, 5) is 26.0. The second-order valence-electron chi connectivity index (χ2n) is 7.43. The van der Waals surface area contributed by atoms with Crippen molar-refractivity contribution < 1.29 is 14.3 Å². The van der Waals surface area contributed by atoms with Crippen LogP contribution in [0.4, 0.5) is 4.79 Å². The van der Waals surface area contributed by atoms with Crippen LogP contribution in [0.15, 0.2) is 36.9 Å². The molecule has 0 bridgehead atoms. The Morgan fingerprint density at radius 3 is 2.36 bits per heavy atom. The molecule has 5 nitrogen and oxygen atoms in total. The van der Waals surface area contributed by atoms with E-state index in [2.05, 4.69) is 32.7 Å². The Morgan fingerprint density at radius 2 is 1.84 bits per heavy atom. The minimum Gasteiger partial charge on any atom is -0.445 e. The fourth-order valence-corrected chi connectivity index (χ4v) is 2.87. The Bertz CT molecular complexity index is 609. The van der Waals surface area contributed by atoms with Gasteiger partial charge in [-0.3, -0.25) is 4.79 Å². The van der Waals surface area contributed by atoms with Gasteiger partial charge in [0, 0.05) is 24.7 Å². The van der Waals surface area contributed by atoms with E-state index in [1.165, 1.54) is 11.6 Å². The Labute approximate surface area is 150 Å². The molecule has 2 rings (SSSR count). The summed E-state index contributed by atoms with van der Waals surface area (Å²) in [6, 6.07) is 7.90. The zero-order valence-corrected chi connectivity index (χ0v) is 15.4. The highest BCUT2D eigenvalue weighted by Crippen LogP contribution is 2.23. The van der Waals surface area contributed by atoms with E-state index >= 15 is 0 Å². The minimum atomic E-state index is -0.428. The summed E-state index contributed by atoms with van der Waals surface area (Å²) in [6.07, 6.45) is 2.57. The van der Waals surface area contributed by atoms with Gasteiger partial charge >= 0.3 is 6.09 Å². The summed E-state index contributed by atoms with van der Waals surface area (Å²) < 4.78 is 4.93. The second-order valence-corrected chi connectivity index (χ2v) is 7.43. The largest absolute Gasteiger partial charge is 0.445 e. The maximum absolute atomic E-state index is 12.6. The SMILES string of the molecule is C=CCOC(=O)NC1CCN(C(=O)c2ccc(C(C)(C)C)cc2)CC1. The van der Waals surface area contributed by atoms with Crippen molar-refractivity contribution in [2.75, 3.05) is 19.7 Å². The van der Waals surface area contributed by atoms with Gasteiger partial charge in [-0.15, -0.1) is 0 Å². The first-order valence-corrected chi connectivity index (χ1v) is 8.75. The predicted octanol–water partition coefficient (Wildman–Crippen LogP) is 3.50. The smallest absolute Gasteiger partial charge is 0.407 e. The van der Waals surface area contributed by atoms with Crippen molar-refractivity contribution in [2.45, 2.75) is 45.1 Å². The summed E-state index contributed by atoms with van der Waals surface area (Å²) >= 11 is 0. The molecular formula is C20H28N2O3. The molecule has 0 aromatic heterocycles. The van der Waals surface area contributed by atoms with Crippen molar-refractivity contribution in [1.29, 1.82) is 0 Å². The fourth-order valence-electron chi connectivity index (χ4n) is 2.87. The van der Waals surface area contributed by atoms with E-state index in [-0.39, 0.29) is 24.0 Å². The number of piperidine rings is 1. The van der Waals surface area contributed by atoms with E-state index in [9.17, 15) is 9.59 Å². The van der Waals surface area contributed by atoms with Gasteiger partial charge in [-0.25, -0.2) is 4.79 Å². The van der Waals surface area contributed by atoms with E-state index < -0.39 is 6.09 Å². The summed E-state index contributed by atoms with van der Waals surface area (Å²) in [6.45, 7) is 11.4. The number of hydrogen-bond donors (Lipinski definition) is 1. The molecule has 0 spiro atoms. The summed E-state index contributed by atoms with van der Waals surface area (Å²) in [5, 5.41) is 2.83. The van der Waals surface area contributed by atoms with Crippen LogP contribution < -0.4 is 5.32 Å². The molecule has 1 fully saturated rings. The standard InChI is InChI=1S/C20H28N2O3/c1-5-14-25-19(24)21-17-10-12-22(13-11-17)18(23)15-6-8-16(9-7-15)20(2,3)4/h5-9,17H,1,10-14H2,2-4H3,(H,21,24). The normalized spacial score (nSPS) is 15.6. The predicted molar refractivity (Wildman–Crippen MR) is 98.7 cm³/mol.